The molecule has 0 fully saturated rings. The number of ether oxygens (including phenoxy) is 1. The van der Waals surface area contributed by atoms with Crippen LogP contribution < -0.4 is 10.1 Å². The SMILES string of the molecule is Cc1cc(NC(=O)c2cccc3ccc(C)nc23)cc(OCCO)c1. The van der Waals surface area contributed by atoms with E-state index in [0.717, 1.165) is 16.6 Å². The highest BCUT2D eigenvalue weighted by Gasteiger charge is 2.12. The van der Waals surface area contributed by atoms with E-state index in [1.165, 1.54) is 0 Å². The van der Waals surface area contributed by atoms with Crippen molar-refractivity contribution in [1.82, 2.24) is 4.98 Å². The molecule has 0 spiro atoms. The molecule has 0 unspecified atom stereocenters. The zero-order chi connectivity index (χ0) is 17.8. The summed E-state index contributed by atoms with van der Waals surface area (Å²) >= 11 is 0. The number of nitrogens with zero attached hydrogens (tertiary/aromatic N) is 1. The van der Waals surface area contributed by atoms with Crippen LogP contribution in [0.1, 0.15) is 21.6 Å². The first kappa shape index (κ1) is 16.9. The van der Waals surface area contributed by atoms with Crippen LogP contribution in [0.5, 0.6) is 5.75 Å². The fourth-order valence-electron chi connectivity index (χ4n) is 2.69. The van der Waals surface area contributed by atoms with Gasteiger partial charge in [0.25, 0.3) is 5.91 Å². The quantitative estimate of drug-likeness (QED) is 0.748. The number of hydrogen-bond donors (Lipinski definition) is 2. The van der Waals surface area contributed by atoms with E-state index >= 15 is 0 Å². The average molecular weight is 336 g/mol. The summed E-state index contributed by atoms with van der Waals surface area (Å²) in [5, 5.41) is 12.7. The monoisotopic (exact) mass is 336 g/mol. The van der Waals surface area contributed by atoms with Gasteiger partial charge in [-0.05, 0) is 43.7 Å². The van der Waals surface area contributed by atoms with Crippen molar-refractivity contribution in [3.8, 4) is 5.75 Å². The Morgan fingerprint density at radius 3 is 2.80 bits per heavy atom. The van der Waals surface area contributed by atoms with Crippen LogP contribution in [0.15, 0.2) is 48.5 Å². The number of rotatable bonds is 5. The van der Waals surface area contributed by atoms with Gasteiger partial charge in [0, 0.05) is 22.8 Å². The zero-order valence-electron chi connectivity index (χ0n) is 14.2. The second-order valence-corrected chi connectivity index (χ2v) is 5.89. The molecule has 0 radical (unpaired) electrons. The Hall–Kier alpha value is -2.92. The number of carbonyl (C=O) groups is 1. The molecule has 5 nitrogen and oxygen atoms in total. The van der Waals surface area contributed by atoms with Crippen molar-refractivity contribution in [2.45, 2.75) is 13.8 Å². The molecule has 128 valence electrons. The summed E-state index contributed by atoms with van der Waals surface area (Å²) in [6.07, 6.45) is 0. The molecule has 0 saturated heterocycles. The minimum Gasteiger partial charge on any atom is -0.491 e. The van der Waals surface area contributed by atoms with Crippen LogP contribution in [-0.2, 0) is 0 Å². The van der Waals surface area contributed by atoms with Gasteiger partial charge in [-0.1, -0.05) is 18.2 Å². The fraction of sp³-hybridized carbons (Fsp3) is 0.200. The number of aliphatic hydroxyl groups excluding tert-OH is 1. The van der Waals surface area contributed by atoms with Gasteiger partial charge in [-0.25, -0.2) is 0 Å². The van der Waals surface area contributed by atoms with Gasteiger partial charge in [-0.3, -0.25) is 9.78 Å². The molecule has 0 aliphatic heterocycles. The number of anilines is 1. The number of hydrogen-bond acceptors (Lipinski definition) is 4. The molecule has 2 aromatic carbocycles. The van der Waals surface area contributed by atoms with Crippen molar-refractivity contribution in [3.63, 3.8) is 0 Å². The van der Waals surface area contributed by atoms with E-state index in [-0.39, 0.29) is 19.1 Å². The third-order valence-corrected chi connectivity index (χ3v) is 3.77. The minimum absolute atomic E-state index is 0.0589. The number of pyridine rings is 1. The van der Waals surface area contributed by atoms with Gasteiger partial charge in [-0.15, -0.1) is 0 Å². The lowest BCUT2D eigenvalue weighted by atomic mass is 10.1. The van der Waals surface area contributed by atoms with Crippen molar-refractivity contribution in [3.05, 3.63) is 65.4 Å². The molecule has 5 heteroatoms. The van der Waals surface area contributed by atoms with Gasteiger partial charge >= 0.3 is 0 Å². The molecular formula is C20H20N2O3. The lowest BCUT2D eigenvalue weighted by Crippen LogP contribution is -2.13. The van der Waals surface area contributed by atoms with E-state index in [1.54, 1.807) is 12.1 Å². The maximum Gasteiger partial charge on any atom is 0.257 e. The Kier molecular flexibility index (Phi) is 4.95. The van der Waals surface area contributed by atoms with Crippen LogP contribution in [-0.4, -0.2) is 29.2 Å². The Morgan fingerprint density at radius 2 is 2.00 bits per heavy atom. The van der Waals surface area contributed by atoms with Crippen molar-refractivity contribution in [2.75, 3.05) is 18.5 Å². The number of carbonyl (C=O) groups excluding carboxylic acids is 1. The summed E-state index contributed by atoms with van der Waals surface area (Å²) in [5.74, 6) is 0.388. The van der Waals surface area contributed by atoms with Gasteiger partial charge in [0.1, 0.15) is 12.4 Å². The molecule has 0 atom stereocenters. The van der Waals surface area contributed by atoms with E-state index in [0.29, 0.717) is 22.5 Å². The number of aliphatic hydroxyl groups is 1. The Morgan fingerprint density at radius 1 is 1.16 bits per heavy atom. The zero-order valence-corrected chi connectivity index (χ0v) is 14.2. The normalized spacial score (nSPS) is 10.7. The molecular weight excluding hydrogens is 316 g/mol. The maximum absolute atomic E-state index is 12.7. The van der Waals surface area contributed by atoms with Crippen molar-refractivity contribution in [2.24, 2.45) is 0 Å². The molecule has 0 bridgehead atoms. The molecule has 3 aromatic rings. The summed E-state index contributed by atoms with van der Waals surface area (Å²) in [6, 6.07) is 14.9. The molecule has 0 aliphatic rings. The van der Waals surface area contributed by atoms with E-state index in [1.807, 2.05) is 50.2 Å². The summed E-state index contributed by atoms with van der Waals surface area (Å²) in [7, 11) is 0. The number of nitrogens with one attached hydrogen (secondary N) is 1. The third-order valence-electron chi connectivity index (χ3n) is 3.77. The van der Waals surface area contributed by atoms with Crippen LogP contribution in [0.2, 0.25) is 0 Å². The largest absolute Gasteiger partial charge is 0.491 e. The van der Waals surface area contributed by atoms with Gasteiger partial charge in [0.15, 0.2) is 0 Å². The van der Waals surface area contributed by atoms with E-state index in [4.69, 9.17) is 9.84 Å². The van der Waals surface area contributed by atoms with Crippen LogP contribution in [0.4, 0.5) is 5.69 Å². The summed E-state index contributed by atoms with van der Waals surface area (Å²) < 4.78 is 5.44. The standard InChI is InChI=1S/C20H20N2O3/c1-13-10-16(12-17(11-13)25-9-8-23)22-20(24)18-5-3-4-15-7-6-14(2)21-19(15)18/h3-7,10-12,23H,8-9H2,1-2H3,(H,22,24). The predicted octanol–water partition coefficient (Wildman–Crippen LogP) is 3.48. The third kappa shape index (κ3) is 3.95. The Balaban J connectivity index is 1.90. The first-order chi connectivity index (χ1) is 12.1. The highest BCUT2D eigenvalue weighted by atomic mass is 16.5. The number of aryl methyl sites for hydroxylation is 2. The first-order valence-corrected chi connectivity index (χ1v) is 8.10. The lowest BCUT2D eigenvalue weighted by Gasteiger charge is -2.11. The second-order valence-electron chi connectivity index (χ2n) is 5.89. The van der Waals surface area contributed by atoms with Gasteiger partial charge in [0.05, 0.1) is 17.7 Å². The maximum atomic E-state index is 12.7. The van der Waals surface area contributed by atoms with Gasteiger partial charge in [-0.2, -0.15) is 0 Å². The van der Waals surface area contributed by atoms with Gasteiger partial charge < -0.3 is 15.2 Å². The molecule has 3 rings (SSSR count). The summed E-state index contributed by atoms with van der Waals surface area (Å²) in [5.41, 5.74) is 3.67. The van der Waals surface area contributed by atoms with E-state index in [9.17, 15) is 4.79 Å². The average Bonchev–Trinajstić information content (AvgIpc) is 2.58. The van der Waals surface area contributed by atoms with Crippen molar-refractivity contribution in [1.29, 1.82) is 0 Å². The number of para-hydroxylation sites is 1. The number of amides is 1. The minimum atomic E-state index is -0.220. The van der Waals surface area contributed by atoms with Crippen molar-refractivity contribution >= 4 is 22.5 Å². The van der Waals surface area contributed by atoms with Crippen LogP contribution in [0.25, 0.3) is 10.9 Å². The summed E-state index contributed by atoms with van der Waals surface area (Å²) in [4.78, 5) is 17.2. The molecule has 2 N–H and O–H groups in total. The number of benzene rings is 2. The van der Waals surface area contributed by atoms with Gasteiger partial charge in [0.2, 0.25) is 0 Å². The number of aromatic nitrogens is 1. The van der Waals surface area contributed by atoms with Crippen molar-refractivity contribution < 1.29 is 14.6 Å². The van der Waals surface area contributed by atoms with Crippen LogP contribution >= 0.6 is 0 Å². The second kappa shape index (κ2) is 7.32. The predicted molar refractivity (Wildman–Crippen MR) is 98.2 cm³/mol. The van der Waals surface area contributed by atoms with E-state index in [2.05, 4.69) is 10.3 Å². The summed E-state index contributed by atoms with van der Waals surface area (Å²) in [6.45, 7) is 3.98. The highest BCUT2D eigenvalue weighted by Crippen LogP contribution is 2.23. The molecule has 25 heavy (non-hydrogen) atoms. The van der Waals surface area contributed by atoms with E-state index < -0.39 is 0 Å². The molecule has 0 aliphatic carbocycles. The molecule has 1 aromatic heterocycles. The molecule has 0 saturated carbocycles. The first-order valence-electron chi connectivity index (χ1n) is 8.10. The number of fused-ring (bicyclic) bond motifs is 1. The molecule has 1 amide bonds. The van der Waals surface area contributed by atoms with Crippen LogP contribution in [0, 0.1) is 13.8 Å². The smallest absolute Gasteiger partial charge is 0.257 e. The Bertz CT molecular complexity index is 922. The molecule has 1 heterocycles. The lowest BCUT2D eigenvalue weighted by molar-refractivity contribution is 0.102. The topological polar surface area (TPSA) is 71.5 Å². The fourth-order valence-corrected chi connectivity index (χ4v) is 2.69. The van der Waals surface area contributed by atoms with Crippen LogP contribution in [0.3, 0.4) is 0 Å². The Labute approximate surface area is 146 Å². The highest BCUT2D eigenvalue weighted by molar-refractivity contribution is 6.11.